The molecule has 3 nitrogen and oxygen atoms in total. The van der Waals surface area contributed by atoms with Crippen molar-refractivity contribution in [2.24, 2.45) is 0 Å². The molecule has 0 atom stereocenters. The third-order valence-corrected chi connectivity index (χ3v) is 5.36. The summed E-state index contributed by atoms with van der Waals surface area (Å²) in [6.45, 7) is 0.821. The Balaban J connectivity index is 1.89. The van der Waals surface area contributed by atoms with Crippen LogP contribution in [0.2, 0.25) is 10.0 Å². The molecule has 0 radical (unpaired) electrons. The maximum absolute atomic E-state index is 6.40. The average molecular weight is 409 g/mol. The monoisotopic (exact) mass is 407 g/mol. The second-order valence-electron chi connectivity index (χ2n) is 5.49. The molecule has 0 fully saturated rings. The number of fused-ring (bicyclic) bond motifs is 2. The van der Waals surface area contributed by atoms with E-state index in [1.54, 1.807) is 6.07 Å². The van der Waals surface area contributed by atoms with E-state index in [0.717, 1.165) is 51.1 Å². The lowest BCUT2D eigenvalue weighted by Crippen LogP contribution is -2.14. The summed E-state index contributed by atoms with van der Waals surface area (Å²) in [6, 6.07) is 11.6. The Morgan fingerprint density at radius 2 is 1.91 bits per heavy atom. The van der Waals surface area contributed by atoms with Crippen molar-refractivity contribution in [1.82, 2.24) is 4.98 Å². The largest absolute Gasteiger partial charge is 0.398 e. The summed E-state index contributed by atoms with van der Waals surface area (Å²) in [7, 11) is 0. The molecule has 0 saturated heterocycles. The third-order valence-electron chi connectivity index (χ3n) is 4.13. The van der Waals surface area contributed by atoms with Gasteiger partial charge in [0.15, 0.2) is 0 Å². The molecular formula is C17H12BrCl2N3. The highest BCUT2D eigenvalue weighted by molar-refractivity contribution is 9.10. The van der Waals surface area contributed by atoms with E-state index in [-0.39, 0.29) is 0 Å². The third kappa shape index (κ3) is 2.45. The van der Waals surface area contributed by atoms with Crippen LogP contribution in [-0.4, -0.2) is 11.5 Å². The van der Waals surface area contributed by atoms with Crippen molar-refractivity contribution in [3.8, 4) is 0 Å². The molecule has 23 heavy (non-hydrogen) atoms. The van der Waals surface area contributed by atoms with Crippen molar-refractivity contribution in [3.63, 3.8) is 0 Å². The van der Waals surface area contributed by atoms with Crippen LogP contribution in [0.15, 0.2) is 40.9 Å². The Morgan fingerprint density at radius 3 is 2.70 bits per heavy atom. The van der Waals surface area contributed by atoms with Crippen molar-refractivity contribution in [1.29, 1.82) is 0 Å². The zero-order chi connectivity index (χ0) is 16.1. The van der Waals surface area contributed by atoms with Gasteiger partial charge in [-0.15, -0.1) is 0 Å². The highest BCUT2D eigenvalue weighted by Gasteiger charge is 2.26. The minimum atomic E-state index is 0.537. The van der Waals surface area contributed by atoms with E-state index >= 15 is 0 Å². The first kappa shape index (κ1) is 15.1. The van der Waals surface area contributed by atoms with Gasteiger partial charge in [-0.25, -0.2) is 4.98 Å². The van der Waals surface area contributed by atoms with Crippen LogP contribution in [0.25, 0.3) is 10.9 Å². The van der Waals surface area contributed by atoms with Gasteiger partial charge in [0.05, 0.1) is 15.6 Å². The zero-order valence-electron chi connectivity index (χ0n) is 12.0. The molecule has 1 aromatic heterocycles. The van der Waals surface area contributed by atoms with Crippen LogP contribution in [0.1, 0.15) is 5.56 Å². The normalized spacial score (nSPS) is 13.6. The summed E-state index contributed by atoms with van der Waals surface area (Å²) in [5, 5.41) is 2.06. The van der Waals surface area contributed by atoms with Crippen LogP contribution < -0.4 is 10.6 Å². The maximum Gasteiger partial charge on any atom is 0.139 e. The van der Waals surface area contributed by atoms with Gasteiger partial charge in [-0.05, 0) is 42.8 Å². The molecule has 2 heterocycles. The van der Waals surface area contributed by atoms with Crippen molar-refractivity contribution >= 4 is 67.2 Å². The average Bonchev–Trinajstić information content (AvgIpc) is 2.95. The summed E-state index contributed by atoms with van der Waals surface area (Å²) in [4.78, 5) is 6.95. The fraction of sp³-hybridized carbons (Fsp3) is 0.118. The fourth-order valence-corrected chi connectivity index (χ4v) is 3.64. The molecule has 0 saturated carbocycles. The zero-order valence-corrected chi connectivity index (χ0v) is 15.1. The molecule has 1 aliphatic heterocycles. The molecule has 0 amide bonds. The van der Waals surface area contributed by atoms with Gasteiger partial charge in [0.2, 0.25) is 0 Å². The first-order chi connectivity index (χ1) is 11.0. The number of hydrogen-bond acceptors (Lipinski definition) is 3. The fourth-order valence-electron chi connectivity index (χ4n) is 2.99. The van der Waals surface area contributed by atoms with Crippen LogP contribution in [0.5, 0.6) is 0 Å². The van der Waals surface area contributed by atoms with Crippen LogP contribution in [0, 0.1) is 0 Å². The lowest BCUT2D eigenvalue weighted by atomic mass is 10.1. The van der Waals surface area contributed by atoms with E-state index < -0.39 is 0 Å². The number of nitrogens with zero attached hydrogens (tertiary/aromatic N) is 2. The van der Waals surface area contributed by atoms with Crippen molar-refractivity contribution < 1.29 is 0 Å². The maximum atomic E-state index is 6.40. The van der Waals surface area contributed by atoms with Crippen LogP contribution in [0.4, 0.5) is 17.2 Å². The molecule has 6 heteroatoms. The van der Waals surface area contributed by atoms with Gasteiger partial charge in [-0.3, -0.25) is 0 Å². The summed E-state index contributed by atoms with van der Waals surface area (Å²) in [5.74, 6) is 0.899. The smallest absolute Gasteiger partial charge is 0.139 e. The van der Waals surface area contributed by atoms with Gasteiger partial charge < -0.3 is 10.6 Å². The minimum absolute atomic E-state index is 0.537. The SMILES string of the molecule is Nc1c2c(nc3ccc(Br)cc13)N(c1ccc(Cl)c(Cl)c1)CC2. The van der Waals surface area contributed by atoms with E-state index in [4.69, 9.17) is 33.9 Å². The van der Waals surface area contributed by atoms with E-state index in [0.29, 0.717) is 10.0 Å². The summed E-state index contributed by atoms with van der Waals surface area (Å²) >= 11 is 15.7. The first-order valence-corrected chi connectivity index (χ1v) is 8.69. The van der Waals surface area contributed by atoms with E-state index in [2.05, 4.69) is 20.8 Å². The van der Waals surface area contributed by atoms with Gasteiger partial charge in [0.1, 0.15) is 5.82 Å². The van der Waals surface area contributed by atoms with Crippen LogP contribution >= 0.6 is 39.1 Å². The molecule has 1 aliphatic rings. The molecule has 2 N–H and O–H groups in total. The predicted octanol–water partition coefficient (Wildman–Crippen LogP) is 5.58. The number of halogens is 3. The number of nitrogen functional groups attached to an aromatic ring is 1. The molecule has 4 rings (SSSR count). The molecule has 0 spiro atoms. The topological polar surface area (TPSA) is 42.1 Å². The molecule has 116 valence electrons. The number of nitrogens with two attached hydrogens (primary N) is 1. The molecule has 3 aromatic rings. The summed E-state index contributed by atoms with van der Waals surface area (Å²) in [5.41, 5.74) is 10.1. The second kappa shape index (κ2) is 5.55. The lowest BCUT2D eigenvalue weighted by molar-refractivity contribution is 0.992. The number of rotatable bonds is 1. The quantitative estimate of drug-likeness (QED) is 0.571. The lowest BCUT2D eigenvalue weighted by Gasteiger charge is -2.20. The highest BCUT2D eigenvalue weighted by Crippen LogP contribution is 2.41. The van der Waals surface area contributed by atoms with Gasteiger partial charge >= 0.3 is 0 Å². The Hall–Kier alpha value is -1.49. The Bertz CT molecular complexity index is 943. The van der Waals surface area contributed by atoms with Gasteiger partial charge in [0, 0.05) is 33.3 Å². The minimum Gasteiger partial charge on any atom is -0.398 e. The number of aromatic nitrogens is 1. The molecule has 0 unspecified atom stereocenters. The number of pyridine rings is 1. The van der Waals surface area contributed by atoms with Crippen molar-refractivity contribution in [2.75, 3.05) is 17.2 Å². The van der Waals surface area contributed by atoms with Crippen molar-refractivity contribution in [3.05, 3.63) is 56.5 Å². The van der Waals surface area contributed by atoms with E-state index in [1.807, 2.05) is 30.3 Å². The van der Waals surface area contributed by atoms with Crippen LogP contribution in [0.3, 0.4) is 0 Å². The van der Waals surface area contributed by atoms with Gasteiger partial charge in [0.25, 0.3) is 0 Å². The van der Waals surface area contributed by atoms with E-state index in [9.17, 15) is 0 Å². The molecule has 0 aliphatic carbocycles. The first-order valence-electron chi connectivity index (χ1n) is 7.15. The molecular weight excluding hydrogens is 397 g/mol. The molecule has 0 bridgehead atoms. The Kier molecular flexibility index (Phi) is 3.63. The van der Waals surface area contributed by atoms with Gasteiger partial charge in [-0.1, -0.05) is 39.1 Å². The highest BCUT2D eigenvalue weighted by atomic mass is 79.9. The molecule has 2 aromatic carbocycles. The Labute approximate surface area is 152 Å². The summed E-state index contributed by atoms with van der Waals surface area (Å²) < 4.78 is 0.998. The second-order valence-corrected chi connectivity index (χ2v) is 7.22. The van der Waals surface area contributed by atoms with Crippen molar-refractivity contribution in [2.45, 2.75) is 6.42 Å². The standard InChI is InChI=1S/C17H12BrCl2N3/c18-9-1-4-15-12(7-9)16(21)11-5-6-23(17(11)22-15)10-2-3-13(19)14(20)8-10/h1-4,7-8H,5-6H2,(H2,21,22). The number of benzene rings is 2. The van der Waals surface area contributed by atoms with Gasteiger partial charge in [-0.2, -0.15) is 0 Å². The predicted molar refractivity (Wildman–Crippen MR) is 101 cm³/mol. The van der Waals surface area contributed by atoms with Crippen LogP contribution in [-0.2, 0) is 6.42 Å². The number of anilines is 3. The Morgan fingerprint density at radius 1 is 1.09 bits per heavy atom. The number of hydrogen-bond donors (Lipinski definition) is 1. The van der Waals surface area contributed by atoms with E-state index in [1.165, 1.54) is 0 Å². The summed E-state index contributed by atoms with van der Waals surface area (Å²) in [6.07, 6.45) is 0.858.